The Morgan fingerprint density at radius 2 is 1.85 bits per heavy atom. The molecule has 0 amide bonds. The lowest BCUT2D eigenvalue weighted by atomic mass is 10.0. The molecule has 0 unspecified atom stereocenters. The van der Waals surface area contributed by atoms with Crippen molar-refractivity contribution in [2.24, 2.45) is 0 Å². The van der Waals surface area contributed by atoms with Gasteiger partial charge in [0.15, 0.2) is 0 Å². The van der Waals surface area contributed by atoms with E-state index >= 15 is 0 Å². The van der Waals surface area contributed by atoms with E-state index in [9.17, 15) is 5.11 Å². The third-order valence-electron chi connectivity index (χ3n) is 5.28. The van der Waals surface area contributed by atoms with Crippen molar-refractivity contribution in [3.63, 3.8) is 0 Å². The summed E-state index contributed by atoms with van der Waals surface area (Å²) >= 11 is 0. The van der Waals surface area contributed by atoms with Crippen molar-refractivity contribution in [3.8, 4) is 11.5 Å². The van der Waals surface area contributed by atoms with Gasteiger partial charge in [-0.2, -0.15) is 0 Å². The number of hydrogen-bond donors (Lipinski definition) is 1. The molecule has 146 valence electrons. The highest BCUT2D eigenvalue weighted by Crippen LogP contribution is 2.33. The van der Waals surface area contributed by atoms with Crippen molar-refractivity contribution in [1.29, 1.82) is 0 Å². The minimum absolute atomic E-state index is 0.315. The zero-order valence-corrected chi connectivity index (χ0v) is 16.6. The molecule has 1 N–H and O–H groups in total. The Morgan fingerprint density at radius 3 is 2.56 bits per heavy atom. The highest BCUT2D eigenvalue weighted by molar-refractivity contribution is 5.35. The second-order valence-corrected chi connectivity index (χ2v) is 7.58. The minimum Gasteiger partial charge on any atom is -0.497 e. The number of likely N-dealkylation sites (tertiary alicyclic amines) is 1. The van der Waals surface area contributed by atoms with E-state index in [4.69, 9.17) is 9.47 Å². The van der Waals surface area contributed by atoms with Gasteiger partial charge >= 0.3 is 0 Å². The van der Waals surface area contributed by atoms with Crippen LogP contribution in [0.25, 0.3) is 0 Å². The maximum Gasteiger partial charge on any atom is 0.122 e. The smallest absolute Gasteiger partial charge is 0.122 e. The average Bonchev–Trinajstić information content (AvgIpc) is 3.14. The van der Waals surface area contributed by atoms with E-state index < -0.39 is 6.10 Å². The lowest BCUT2D eigenvalue weighted by molar-refractivity contribution is 0.0634. The van der Waals surface area contributed by atoms with Gasteiger partial charge in [0, 0.05) is 12.6 Å². The van der Waals surface area contributed by atoms with Crippen molar-refractivity contribution in [3.05, 3.63) is 59.7 Å². The van der Waals surface area contributed by atoms with Crippen LogP contribution in [0.2, 0.25) is 0 Å². The van der Waals surface area contributed by atoms with Gasteiger partial charge in [-0.05, 0) is 54.6 Å². The number of ether oxygens (including phenoxy) is 2. The molecular formula is C23H31NO3. The predicted molar refractivity (Wildman–Crippen MR) is 109 cm³/mol. The Bertz CT molecular complexity index is 714. The van der Waals surface area contributed by atoms with Gasteiger partial charge in [0.05, 0.1) is 7.11 Å². The van der Waals surface area contributed by atoms with E-state index in [0.29, 0.717) is 25.1 Å². The van der Waals surface area contributed by atoms with Crippen LogP contribution in [-0.2, 0) is 0 Å². The molecule has 1 saturated heterocycles. The summed E-state index contributed by atoms with van der Waals surface area (Å²) in [6.07, 6.45) is 1.76. The number of β-amino-alcohol motifs (C(OH)–C–C–N with tert-alkyl or cyclic N) is 1. The van der Waals surface area contributed by atoms with E-state index in [1.807, 2.05) is 30.3 Å². The molecule has 3 rings (SSSR count). The summed E-state index contributed by atoms with van der Waals surface area (Å²) in [6, 6.07) is 16.7. The van der Waals surface area contributed by atoms with Gasteiger partial charge in [-0.3, -0.25) is 4.90 Å². The summed E-state index contributed by atoms with van der Waals surface area (Å²) < 4.78 is 11.2. The molecule has 4 heteroatoms. The van der Waals surface area contributed by atoms with Crippen LogP contribution in [0.4, 0.5) is 0 Å². The number of rotatable bonds is 8. The van der Waals surface area contributed by atoms with Crippen LogP contribution in [0.5, 0.6) is 11.5 Å². The molecule has 4 nitrogen and oxygen atoms in total. The van der Waals surface area contributed by atoms with E-state index in [1.54, 1.807) is 7.11 Å². The van der Waals surface area contributed by atoms with Gasteiger partial charge in [0.2, 0.25) is 0 Å². The van der Waals surface area contributed by atoms with Crippen LogP contribution < -0.4 is 9.47 Å². The molecule has 0 aromatic heterocycles. The first-order chi connectivity index (χ1) is 13.1. The summed E-state index contributed by atoms with van der Waals surface area (Å²) in [5.41, 5.74) is 2.47. The largest absolute Gasteiger partial charge is 0.497 e. The van der Waals surface area contributed by atoms with Gasteiger partial charge in [0.1, 0.15) is 24.2 Å². The van der Waals surface area contributed by atoms with Crippen molar-refractivity contribution >= 4 is 0 Å². The molecule has 27 heavy (non-hydrogen) atoms. The average molecular weight is 370 g/mol. The molecule has 0 aliphatic carbocycles. The van der Waals surface area contributed by atoms with Crippen molar-refractivity contribution in [1.82, 2.24) is 4.90 Å². The number of aliphatic hydroxyl groups is 1. The molecule has 1 aliphatic rings. The lowest BCUT2D eigenvalue weighted by Crippen LogP contribution is -2.35. The highest BCUT2D eigenvalue weighted by Gasteiger charge is 2.27. The van der Waals surface area contributed by atoms with Crippen LogP contribution in [0, 0.1) is 0 Å². The number of benzene rings is 2. The van der Waals surface area contributed by atoms with Crippen LogP contribution >= 0.6 is 0 Å². The summed E-state index contributed by atoms with van der Waals surface area (Å²) in [7, 11) is 1.69. The first kappa shape index (κ1) is 19.7. The van der Waals surface area contributed by atoms with E-state index in [1.165, 1.54) is 11.1 Å². The maximum absolute atomic E-state index is 10.6. The minimum atomic E-state index is -0.510. The second kappa shape index (κ2) is 9.25. The molecule has 0 saturated carbocycles. The van der Waals surface area contributed by atoms with Crippen LogP contribution in [0.3, 0.4) is 0 Å². The van der Waals surface area contributed by atoms with Gasteiger partial charge in [-0.25, -0.2) is 0 Å². The Morgan fingerprint density at radius 1 is 1.11 bits per heavy atom. The number of aliphatic hydroxyl groups excluding tert-OH is 1. The first-order valence-corrected chi connectivity index (χ1v) is 9.86. The number of methoxy groups -OCH3 is 1. The molecular weight excluding hydrogens is 338 g/mol. The molecule has 0 radical (unpaired) electrons. The molecule has 1 fully saturated rings. The molecule has 0 bridgehead atoms. The topological polar surface area (TPSA) is 41.9 Å². The van der Waals surface area contributed by atoms with Crippen LogP contribution in [0.1, 0.15) is 49.8 Å². The van der Waals surface area contributed by atoms with Crippen molar-refractivity contribution in [2.75, 3.05) is 26.8 Å². The van der Waals surface area contributed by atoms with Gasteiger partial charge in [-0.1, -0.05) is 44.2 Å². The van der Waals surface area contributed by atoms with Gasteiger partial charge in [0.25, 0.3) is 0 Å². The Labute approximate surface area is 162 Å². The van der Waals surface area contributed by atoms with Gasteiger partial charge < -0.3 is 14.6 Å². The molecule has 2 aromatic rings. The van der Waals surface area contributed by atoms with Crippen molar-refractivity contribution < 1.29 is 14.6 Å². The van der Waals surface area contributed by atoms with Crippen LogP contribution in [-0.4, -0.2) is 42.9 Å². The van der Waals surface area contributed by atoms with E-state index in [-0.39, 0.29) is 0 Å². The van der Waals surface area contributed by atoms with Crippen LogP contribution in [0.15, 0.2) is 48.5 Å². The normalized spacial score (nSPS) is 18.6. The summed E-state index contributed by atoms with van der Waals surface area (Å²) in [5, 5.41) is 10.6. The number of para-hydroxylation sites is 1. The molecule has 1 aliphatic heterocycles. The molecule has 2 atom stereocenters. The highest BCUT2D eigenvalue weighted by atomic mass is 16.5. The Hall–Kier alpha value is -2.04. The third-order valence-corrected chi connectivity index (χ3v) is 5.28. The van der Waals surface area contributed by atoms with E-state index in [0.717, 1.165) is 30.9 Å². The standard InChI is InChI=1S/C23H31NO3/c1-17(2)21-7-4-5-9-23(21)27-16-19(25)15-24-14-6-8-22(24)18-10-12-20(26-3)13-11-18/h4-5,7,9-13,17,19,22,25H,6,8,14-16H2,1-3H3/t19-,22-/m0/s1. The zero-order valence-electron chi connectivity index (χ0n) is 16.6. The predicted octanol–water partition coefficient (Wildman–Crippen LogP) is 4.40. The quantitative estimate of drug-likeness (QED) is 0.749. The SMILES string of the molecule is COc1ccc([C@@H]2CCCN2C[C@H](O)COc2ccccc2C(C)C)cc1. The number of hydrogen-bond acceptors (Lipinski definition) is 4. The lowest BCUT2D eigenvalue weighted by Gasteiger charge is -2.27. The summed E-state index contributed by atoms with van der Waals surface area (Å²) in [4.78, 5) is 2.37. The second-order valence-electron chi connectivity index (χ2n) is 7.58. The Kier molecular flexibility index (Phi) is 6.75. The summed E-state index contributed by atoms with van der Waals surface area (Å²) in [5.74, 6) is 2.15. The molecule has 2 aromatic carbocycles. The fourth-order valence-electron chi connectivity index (χ4n) is 3.85. The number of nitrogens with zero attached hydrogens (tertiary/aromatic N) is 1. The van der Waals surface area contributed by atoms with E-state index in [2.05, 4.69) is 36.9 Å². The fraction of sp³-hybridized carbons (Fsp3) is 0.478. The fourth-order valence-corrected chi connectivity index (χ4v) is 3.85. The first-order valence-electron chi connectivity index (χ1n) is 9.86. The van der Waals surface area contributed by atoms with Gasteiger partial charge in [-0.15, -0.1) is 0 Å². The Balaban J connectivity index is 1.57. The summed E-state index contributed by atoms with van der Waals surface area (Å²) in [6.45, 7) is 6.26. The molecule has 0 spiro atoms. The monoisotopic (exact) mass is 369 g/mol. The zero-order chi connectivity index (χ0) is 19.2. The van der Waals surface area contributed by atoms with Crippen molar-refractivity contribution in [2.45, 2.75) is 44.8 Å². The molecule has 1 heterocycles. The third kappa shape index (κ3) is 5.02. The maximum atomic E-state index is 10.6.